The molecule has 6 nitrogen and oxygen atoms in total. The number of piperidine rings is 1. The lowest BCUT2D eigenvalue weighted by Gasteiger charge is -2.34. The maximum Gasteiger partial charge on any atom is 0.335 e. The van der Waals surface area contributed by atoms with Gasteiger partial charge in [-0.3, -0.25) is 5.41 Å². The summed E-state index contributed by atoms with van der Waals surface area (Å²) in [5.74, 6) is -0.300. The molecular weight excluding hydrogens is 487 g/mol. The quantitative estimate of drug-likeness (QED) is 0.285. The van der Waals surface area contributed by atoms with Gasteiger partial charge in [0.15, 0.2) is 0 Å². The fourth-order valence-electron chi connectivity index (χ4n) is 5.47. The SMILES string of the molecule is Cc1cc(C(=O)O)ccc1N1C[C@@H]2C[C@H]1C[C@H]2OC/C(C(=N)c1c(Cl)cccc1Cl)=C(/O)C1CC1. The number of aliphatic hydroxyl groups excluding tert-OH is 1. The van der Waals surface area contributed by atoms with Crippen LogP contribution in [0.15, 0.2) is 47.7 Å². The van der Waals surface area contributed by atoms with Gasteiger partial charge in [0.25, 0.3) is 0 Å². The monoisotopic (exact) mass is 514 g/mol. The molecule has 0 unspecified atom stereocenters. The molecule has 3 fully saturated rings. The number of fused-ring (bicyclic) bond motifs is 2. The van der Waals surface area contributed by atoms with Crippen LogP contribution in [0.4, 0.5) is 5.69 Å². The number of allylic oxidation sites excluding steroid dienone is 1. The van der Waals surface area contributed by atoms with Crippen molar-refractivity contribution in [2.45, 2.75) is 44.8 Å². The zero-order valence-electron chi connectivity index (χ0n) is 19.4. The lowest BCUT2D eigenvalue weighted by molar-refractivity contribution is 0.0390. The lowest BCUT2D eigenvalue weighted by atomic mass is 9.99. The van der Waals surface area contributed by atoms with E-state index in [4.69, 9.17) is 33.3 Å². The van der Waals surface area contributed by atoms with Gasteiger partial charge in [0.2, 0.25) is 0 Å². The molecule has 0 aromatic heterocycles. The van der Waals surface area contributed by atoms with E-state index in [-0.39, 0.29) is 30.1 Å². The van der Waals surface area contributed by atoms with Crippen LogP contribution >= 0.6 is 23.2 Å². The Morgan fingerprint density at radius 1 is 1.14 bits per heavy atom. The predicted molar refractivity (Wildman–Crippen MR) is 137 cm³/mol. The fraction of sp³-hybridized carbons (Fsp3) is 0.407. The van der Waals surface area contributed by atoms with Crippen LogP contribution in [0.25, 0.3) is 0 Å². The number of benzene rings is 2. The van der Waals surface area contributed by atoms with Crippen molar-refractivity contribution in [3.05, 3.63) is 74.5 Å². The van der Waals surface area contributed by atoms with E-state index < -0.39 is 5.97 Å². The van der Waals surface area contributed by atoms with Crippen molar-refractivity contribution in [2.75, 3.05) is 18.1 Å². The van der Waals surface area contributed by atoms with Crippen LogP contribution in [0.1, 0.15) is 47.2 Å². The molecule has 5 rings (SSSR count). The van der Waals surface area contributed by atoms with Crippen molar-refractivity contribution in [1.29, 1.82) is 5.41 Å². The Bertz CT molecular complexity index is 1200. The summed E-state index contributed by atoms with van der Waals surface area (Å²) < 4.78 is 6.34. The number of carboxylic acid groups (broad SMARTS) is 1. The number of nitrogens with one attached hydrogen (secondary N) is 1. The standard InChI is InChI=1S/C27H28Cl2N2O4/c1-14-9-16(27(33)34)7-8-22(14)31-12-17-10-18(31)11-23(17)35-13-19(26(32)15-5-6-15)25(30)24-20(28)3-2-4-21(24)29/h2-4,7-9,15,17-18,23,30,32H,5-6,10-13H2,1H3,(H,33,34)/b26-19-,30-25?/t17-,18-,23+/m0/s1. The molecule has 0 radical (unpaired) electrons. The fourth-order valence-corrected chi connectivity index (χ4v) is 6.06. The van der Waals surface area contributed by atoms with Gasteiger partial charge in [-0.25, -0.2) is 4.79 Å². The number of anilines is 1. The average molecular weight is 515 g/mol. The molecule has 1 aliphatic heterocycles. The number of hydrogen-bond acceptors (Lipinski definition) is 5. The molecule has 2 aliphatic carbocycles. The lowest BCUT2D eigenvalue weighted by Crippen LogP contribution is -2.39. The third-order valence-electron chi connectivity index (χ3n) is 7.46. The second-order valence-electron chi connectivity index (χ2n) is 9.80. The van der Waals surface area contributed by atoms with Crippen molar-refractivity contribution < 1.29 is 19.7 Å². The minimum absolute atomic E-state index is 0.0337. The first kappa shape index (κ1) is 24.2. The number of ether oxygens (including phenoxy) is 1. The predicted octanol–water partition coefficient (Wildman–Crippen LogP) is 6.27. The van der Waals surface area contributed by atoms with Crippen LogP contribution in [-0.2, 0) is 4.74 Å². The largest absolute Gasteiger partial charge is 0.512 e. The number of aryl methyl sites for hydroxylation is 1. The summed E-state index contributed by atoms with van der Waals surface area (Å²) in [6.07, 6.45) is 3.70. The summed E-state index contributed by atoms with van der Waals surface area (Å²) in [7, 11) is 0. The van der Waals surface area contributed by atoms with Gasteiger partial charge in [-0.15, -0.1) is 0 Å². The van der Waals surface area contributed by atoms with E-state index >= 15 is 0 Å². The highest BCUT2D eigenvalue weighted by molar-refractivity contribution is 6.41. The minimum atomic E-state index is -0.919. The van der Waals surface area contributed by atoms with Crippen LogP contribution in [0.5, 0.6) is 0 Å². The van der Waals surface area contributed by atoms with Crippen molar-refractivity contribution in [1.82, 2.24) is 0 Å². The molecule has 0 spiro atoms. The topological polar surface area (TPSA) is 93.9 Å². The van der Waals surface area contributed by atoms with E-state index in [1.165, 1.54) is 0 Å². The van der Waals surface area contributed by atoms with Gasteiger partial charge >= 0.3 is 5.97 Å². The second-order valence-corrected chi connectivity index (χ2v) is 10.6. The number of hydrogen-bond donors (Lipinski definition) is 3. The van der Waals surface area contributed by atoms with Gasteiger partial charge in [0, 0.05) is 41.2 Å². The molecule has 3 atom stereocenters. The zero-order valence-corrected chi connectivity index (χ0v) is 20.9. The molecule has 2 aromatic carbocycles. The van der Waals surface area contributed by atoms with Crippen LogP contribution in [0, 0.1) is 24.2 Å². The Balaban J connectivity index is 1.29. The Kier molecular flexibility index (Phi) is 6.55. The van der Waals surface area contributed by atoms with Gasteiger partial charge in [-0.05, 0) is 68.5 Å². The first-order valence-electron chi connectivity index (χ1n) is 11.9. The third-order valence-corrected chi connectivity index (χ3v) is 8.09. The molecule has 8 heteroatoms. The molecule has 1 heterocycles. The highest BCUT2D eigenvalue weighted by Crippen LogP contribution is 2.44. The van der Waals surface area contributed by atoms with Gasteiger partial charge in [0.05, 0.1) is 34.0 Å². The number of halogens is 2. The van der Waals surface area contributed by atoms with Gasteiger partial charge in [-0.1, -0.05) is 29.3 Å². The number of nitrogens with zero attached hydrogens (tertiary/aromatic N) is 1. The van der Waals surface area contributed by atoms with Crippen molar-refractivity contribution >= 4 is 40.6 Å². The van der Waals surface area contributed by atoms with Gasteiger partial charge in [0.1, 0.15) is 5.76 Å². The normalized spacial score (nSPS) is 24.0. The minimum Gasteiger partial charge on any atom is -0.512 e. The highest BCUT2D eigenvalue weighted by atomic mass is 35.5. The highest BCUT2D eigenvalue weighted by Gasteiger charge is 2.46. The number of carbonyl (C=O) groups is 1. The molecule has 184 valence electrons. The summed E-state index contributed by atoms with van der Waals surface area (Å²) in [6, 6.07) is 10.7. The molecule has 1 saturated heterocycles. The van der Waals surface area contributed by atoms with Crippen molar-refractivity contribution in [3.8, 4) is 0 Å². The summed E-state index contributed by atoms with van der Waals surface area (Å²) in [4.78, 5) is 13.6. The van der Waals surface area contributed by atoms with E-state index in [1.54, 1.807) is 30.3 Å². The number of carboxylic acids is 1. The third kappa shape index (κ3) is 4.67. The molecule has 2 bridgehead atoms. The number of rotatable bonds is 8. The summed E-state index contributed by atoms with van der Waals surface area (Å²) in [5.41, 5.74) is 3.32. The molecule has 0 amide bonds. The Morgan fingerprint density at radius 3 is 2.43 bits per heavy atom. The maximum absolute atomic E-state index is 11.3. The maximum atomic E-state index is 11.3. The van der Waals surface area contributed by atoms with Crippen LogP contribution in [-0.4, -0.2) is 47.2 Å². The van der Waals surface area contributed by atoms with Crippen molar-refractivity contribution in [2.24, 2.45) is 11.8 Å². The van der Waals surface area contributed by atoms with E-state index in [2.05, 4.69) is 4.90 Å². The summed E-state index contributed by atoms with van der Waals surface area (Å²) in [5, 5.41) is 29.7. The second kappa shape index (κ2) is 9.49. The first-order valence-corrected chi connectivity index (χ1v) is 12.7. The van der Waals surface area contributed by atoms with Gasteiger partial charge in [-0.2, -0.15) is 0 Å². The number of aliphatic hydroxyl groups is 1. The van der Waals surface area contributed by atoms with Gasteiger partial charge < -0.3 is 19.8 Å². The van der Waals surface area contributed by atoms with Crippen LogP contribution in [0.3, 0.4) is 0 Å². The molecular formula is C27H28Cl2N2O4. The zero-order chi connectivity index (χ0) is 24.9. The molecule has 2 saturated carbocycles. The van der Waals surface area contributed by atoms with E-state index in [9.17, 15) is 15.0 Å². The Hall–Kier alpha value is -2.54. The molecule has 3 aliphatic rings. The summed E-state index contributed by atoms with van der Waals surface area (Å²) >= 11 is 12.7. The first-order chi connectivity index (χ1) is 16.7. The van der Waals surface area contributed by atoms with Crippen molar-refractivity contribution in [3.63, 3.8) is 0 Å². The Morgan fingerprint density at radius 2 is 1.86 bits per heavy atom. The summed E-state index contributed by atoms with van der Waals surface area (Å²) in [6.45, 7) is 2.93. The molecule has 35 heavy (non-hydrogen) atoms. The van der Waals surface area contributed by atoms with E-state index in [0.717, 1.165) is 43.5 Å². The van der Waals surface area contributed by atoms with Crippen LogP contribution in [0.2, 0.25) is 10.0 Å². The van der Waals surface area contributed by atoms with Crippen LogP contribution < -0.4 is 4.90 Å². The molecule has 3 N–H and O–H groups in total. The number of aromatic carboxylic acids is 1. The van der Waals surface area contributed by atoms with E-state index in [1.807, 2.05) is 13.0 Å². The smallest absolute Gasteiger partial charge is 0.335 e. The Labute approximate surface area is 214 Å². The molecule has 2 aromatic rings. The average Bonchev–Trinajstić information content (AvgIpc) is 3.49. The van der Waals surface area contributed by atoms with E-state index in [0.29, 0.717) is 38.7 Å².